The molecule has 0 bridgehead atoms. The van der Waals surface area contributed by atoms with Crippen LogP contribution in [0.1, 0.15) is 11.7 Å². The van der Waals surface area contributed by atoms with E-state index in [0.29, 0.717) is 5.56 Å². The van der Waals surface area contributed by atoms with Crippen LogP contribution in [0.4, 0.5) is 0 Å². The highest BCUT2D eigenvalue weighted by molar-refractivity contribution is 5.22. The Hall–Kier alpha value is -1.73. The van der Waals surface area contributed by atoms with Gasteiger partial charge in [-0.15, -0.1) is 0 Å². The summed E-state index contributed by atoms with van der Waals surface area (Å²) in [5.41, 5.74) is 0.487. The smallest absolute Gasteiger partial charge is 0.188 e. The fourth-order valence-electron chi connectivity index (χ4n) is 3.51. The highest BCUT2D eigenvalue weighted by atomic mass is 16.7. The summed E-state index contributed by atoms with van der Waals surface area (Å²) >= 11 is 0. The molecule has 32 heavy (non-hydrogen) atoms. The SMILES string of the molecule is N#C[C@@H](O[C@@H]1OC(CO[C@@H]2OC(CO)[C@@H](O)C(O)C2O)[C@@H](O)C(O)C1O)c1ccccc1. The quantitative estimate of drug-likeness (QED) is 0.218. The Morgan fingerprint density at radius 2 is 1.38 bits per heavy atom. The fraction of sp³-hybridized carbons (Fsp3) is 0.650. The van der Waals surface area contributed by atoms with Crippen LogP contribution < -0.4 is 0 Å². The number of aliphatic hydroxyl groups is 7. The van der Waals surface area contributed by atoms with Gasteiger partial charge >= 0.3 is 0 Å². The van der Waals surface area contributed by atoms with Gasteiger partial charge in [0.1, 0.15) is 48.8 Å². The van der Waals surface area contributed by atoms with E-state index in [0.717, 1.165) is 0 Å². The summed E-state index contributed by atoms with van der Waals surface area (Å²) in [6.45, 7) is -1.14. The average molecular weight is 457 g/mol. The van der Waals surface area contributed by atoms with Gasteiger partial charge in [0.05, 0.1) is 19.3 Å². The molecule has 1 aromatic rings. The first-order valence-electron chi connectivity index (χ1n) is 10.00. The average Bonchev–Trinajstić information content (AvgIpc) is 2.81. The van der Waals surface area contributed by atoms with Crippen molar-refractivity contribution in [1.29, 1.82) is 5.26 Å². The van der Waals surface area contributed by atoms with Crippen LogP contribution in [0.5, 0.6) is 0 Å². The lowest BCUT2D eigenvalue weighted by atomic mass is 9.98. The monoisotopic (exact) mass is 457 g/mol. The molecule has 178 valence electrons. The molecule has 0 aliphatic carbocycles. The number of nitriles is 1. The maximum Gasteiger partial charge on any atom is 0.188 e. The van der Waals surface area contributed by atoms with Crippen molar-refractivity contribution in [3.8, 4) is 6.07 Å². The highest BCUT2D eigenvalue weighted by Crippen LogP contribution is 2.28. The number of ether oxygens (including phenoxy) is 4. The van der Waals surface area contributed by atoms with Crippen molar-refractivity contribution in [3.05, 3.63) is 35.9 Å². The van der Waals surface area contributed by atoms with Gasteiger partial charge in [0.25, 0.3) is 0 Å². The first-order chi connectivity index (χ1) is 15.3. The lowest BCUT2D eigenvalue weighted by molar-refractivity contribution is -0.334. The Morgan fingerprint density at radius 1 is 0.812 bits per heavy atom. The minimum atomic E-state index is -1.70. The first-order valence-corrected chi connectivity index (χ1v) is 10.00. The molecule has 0 saturated carbocycles. The zero-order valence-electron chi connectivity index (χ0n) is 16.9. The first kappa shape index (κ1) is 24.9. The molecule has 2 saturated heterocycles. The normalized spacial score (nSPS) is 41.1. The van der Waals surface area contributed by atoms with Gasteiger partial charge in [-0.25, -0.2) is 0 Å². The molecule has 3 rings (SSSR count). The summed E-state index contributed by atoms with van der Waals surface area (Å²) in [4.78, 5) is 0. The van der Waals surface area contributed by atoms with E-state index in [1.54, 1.807) is 30.3 Å². The summed E-state index contributed by atoms with van der Waals surface area (Å²) in [5.74, 6) is 0. The third-order valence-corrected chi connectivity index (χ3v) is 5.43. The van der Waals surface area contributed by atoms with Crippen LogP contribution in [0.3, 0.4) is 0 Å². The summed E-state index contributed by atoms with van der Waals surface area (Å²) in [6, 6.07) is 10.3. The molecule has 2 aliphatic rings. The molecule has 2 fully saturated rings. The van der Waals surface area contributed by atoms with Gasteiger partial charge in [0.15, 0.2) is 18.7 Å². The minimum Gasteiger partial charge on any atom is -0.394 e. The van der Waals surface area contributed by atoms with E-state index in [1.165, 1.54) is 0 Å². The maximum absolute atomic E-state index is 10.3. The van der Waals surface area contributed by atoms with Gasteiger partial charge in [-0.1, -0.05) is 30.3 Å². The lowest BCUT2D eigenvalue weighted by Gasteiger charge is -2.43. The number of nitrogens with zero attached hydrogens (tertiary/aromatic N) is 1. The van der Waals surface area contributed by atoms with Crippen LogP contribution in [-0.4, -0.2) is 110 Å². The largest absolute Gasteiger partial charge is 0.394 e. The van der Waals surface area contributed by atoms with Crippen molar-refractivity contribution >= 4 is 0 Å². The Labute approximate surface area is 183 Å². The van der Waals surface area contributed by atoms with E-state index < -0.39 is 80.7 Å². The third kappa shape index (κ3) is 5.25. The number of rotatable bonds is 7. The van der Waals surface area contributed by atoms with Crippen LogP contribution in [0.25, 0.3) is 0 Å². The summed E-state index contributed by atoms with van der Waals surface area (Å²) in [6.07, 6.45) is -16.5. The molecule has 0 radical (unpaired) electrons. The Bertz CT molecular complexity index is 760. The Kier molecular flexibility index (Phi) is 8.50. The second-order valence-corrected chi connectivity index (χ2v) is 7.60. The molecule has 7 N–H and O–H groups in total. The van der Waals surface area contributed by atoms with Crippen LogP contribution >= 0.6 is 0 Å². The molecule has 0 spiro atoms. The highest BCUT2D eigenvalue weighted by Gasteiger charge is 2.48. The maximum atomic E-state index is 10.3. The topological polar surface area (TPSA) is 202 Å². The van der Waals surface area contributed by atoms with Crippen molar-refractivity contribution in [2.75, 3.05) is 13.2 Å². The third-order valence-electron chi connectivity index (χ3n) is 5.43. The molecular formula is C20H27NO11. The number of benzene rings is 1. The predicted molar refractivity (Wildman–Crippen MR) is 102 cm³/mol. The Balaban J connectivity index is 1.65. The molecule has 2 heterocycles. The molecule has 11 atom stereocenters. The molecule has 12 nitrogen and oxygen atoms in total. The summed E-state index contributed by atoms with van der Waals surface area (Å²) in [5, 5.41) is 79.1. The predicted octanol–water partition coefficient (Wildman–Crippen LogP) is -3.11. The van der Waals surface area contributed by atoms with E-state index >= 15 is 0 Å². The van der Waals surface area contributed by atoms with Gasteiger partial charge in [-0.05, 0) is 5.56 Å². The summed E-state index contributed by atoms with van der Waals surface area (Å²) in [7, 11) is 0. The molecular weight excluding hydrogens is 430 g/mol. The molecule has 2 aliphatic heterocycles. The molecule has 6 unspecified atom stereocenters. The van der Waals surface area contributed by atoms with Crippen LogP contribution in [0, 0.1) is 11.3 Å². The van der Waals surface area contributed by atoms with E-state index in [1.807, 2.05) is 6.07 Å². The summed E-state index contributed by atoms with van der Waals surface area (Å²) < 4.78 is 21.6. The van der Waals surface area contributed by atoms with Crippen LogP contribution in [-0.2, 0) is 18.9 Å². The van der Waals surface area contributed by atoms with Gasteiger partial charge in [0.2, 0.25) is 0 Å². The van der Waals surface area contributed by atoms with Gasteiger partial charge in [-0.3, -0.25) is 0 Å². The van der Waals surface area contributed by atoms with Crippen molar-refractivity contribution in [3.63, 3.8) is 0 Å². The van der Waals surface area contributed by atoms with Gasteiger partial charge < -0.3 is 54.7 Å². The van der Waals surface area contributed by atoms with Crippen LogP contribution in [0.15, 0.2) is 30.3 Å². The fourth-order valence-corrected chi connectivity index (χ4v) is 3.51. The van der Waals surface area contributed by atoms with Crippen molar-refractivity contribution in [2.24, 2.45) is 0 Å². The van der Waals surface area contributed by atoms with Crippen molar-refractivity contribution in [2.45, 2.75) is 67.5 Å². The van der Waals surface area contributed by atoms with Crippen molar-refractivity contribution < 1.29 is 54.7 Å². The molecule has 12 heteroatoms. The van der Waals surface area contributed by atoms with Gasteiger partial charge in [-0.2, -0.15) is 5.26 Å². The standard InChI is InChI=1S/C20H27NO11/c21-6-10(9-4-2-1-3-5-9)30-20-18(28)16(26)14(24)12(32-20)8-29-19-17(27)15(25)13(23)11(7-22)31-19/h1-5,10-20,22-28H,7-8H2/t10-,11?,12?,13-,14-,15?,16?,17?,18?,19-,20-/m1/s1. The van der Waals surface area contributed by atoms with Crippen LogP contribution in [0.2, 0.25) is 0 Å². The van der Waals surface area contributed by atoms with E-state index in [9.17, 15) is 41.0 Å². The van der Waals surface area contributed by atoms with Crippen molar-refractivity contribution in [1.82, 2.24) is 0 Å². The van der Waals surface area contributed by atoms with E-state index in [-0.39, 0.29) is 0 Å². The second kappa shape index (κ2) is 10.9. The zero-order chi connectivity index (χ0) is 23.4. The lowest BCUT2D eigenvalue weighted by Crippen LogP contribution is -2.61. The molecule has 1 aromatic carbocycles. The zero-order valence-corrected chi connectivity index (χ0v) is 16.9. The minimum absolute atomic E-state index is 0.487. The van der Waals surface area contributed by atoms with E-state index in [4.69, 9.17) is 18.9 Å². The number of hydrogen-bond acceptors (Lipinski definition) is 12. The van der Waals surface area contributed by atoms with E-state index in [2.05, 4.69) is 0 Å². The molecule has 0 aromatic heterocycles. The second-order valence-electron chi connectivity index (χ2n) is 7.60. The number of hydrogen-bond donors (Lipinski definition) is 7. The van der Waals surface area contributed by atoms with Gasteiger partial charge in [0, 0.05) is 0 Å². The Morgan fingerprint density at radius 3 is 1.97 bits per heavy atom. The molecule has 0 amide bonds. The number of aliphatic hydroxyl groups excluding tert-OH is 7.